The molecule has 18 heavy (non-hydrogen) atoms. The zero-order valence-electron chi connectivity index (χ0n) is 12.5. The van der Waals surface area contributed by atoms with Gasteiger partial charge in [0.2, 0.25) is 5.91 Å². The van der Waals surface area contributed by atoms with Crippen molar-refractivity contribution in [3.05, 3.63) is 0 Å². The van der Waals surface area contributed by atoms with Crippen molar-refractivity contribution >= 4 is 5.91 Å². The molecule has 1 saturated heterocycles. The highest BCUT2D eigenvalue weighted by Gasteiger charge is 2.24. The van der Waals surface area contributed by atoms with Crippen molar-refractivity contribution in [2.45, 2.75) is 46.5 Å². The van der Waals surface area contributed by atoms with Gasteiger partial charge in [-0.15, -0.1) is 0 Å². The molecule has 1 amide bonds. The third kappa shape index (κ3) is 5.38. The molecule has 106 valence electrons. The predicted octanol–water partition coefficient (Wildman–Crippen LogP) is 2.52. The lowest BCUT2D eigenvalue weighted by Gasteiger charge is -2.33. The number of nitrogens with zero attached hydrogens (tertiary/aromatic N) is 1. The number of hydrogen-bond donors (Lipinski definition) is 1. The predicted molar refractivity (Wildman–Crippen MR) is 76.5 cm³/mol. The van der Waals surface area contributed by atoms with E-state index in [1.54, 1.807) is 0 Å². The average molecular weight is 254 g/mol. The van der Waals surface area contributed by atoms with Crippen LogP contribution in [0.3, 0.4) is 0 Å². The molecule has 1 rings (SSSR count). The summed E-state index contributed by atoms with van der Waals surface area (Å²) in [7, 11) is 1.99. The highest BCUT2D eigenvalue weighted by atomic mass is 16.2. The highest BCUT2D eigenvalue weighted by Crippen LogP contribution is 2.20. The van der Waals surface area contributed by atoms with E-state index in [0.29, 0.717) is 23.7 Å². The topological polar surface area (TPSA) is 32.3 Å². The van der Waals surface area contributed by atoms with Gasteiger partial charge in [-0.3, -0.25) is 4.79 Å². The maximum atomic E-state index is 12.2. The number of rotatable bonds is 6. The number of nitrogens with one attached hydrogen (secondary N) is 1. The molecule has 1 heterocycles. The molecule has 0 aromatic carbocycles. The monoisotopic (exact) mass is 254 g/mol. The molecule has 0 aliphatic carbocycles. The Hall–Kier alpha value is -0.570. The first-order chi connectivity index (χ1) is 8.52. The quantitative estimate of drug-likeness (QED) is 0.790. The average Bonchev–Trinajstić information content (AvgIpc) is 2.28. The fourth-order valence-electron chi connectivity index (χ4n) is 3.06. The van der Waals surface area contributed by atoms with Crippen LogP contribution in [0.4, 0.5) is 0 Å². The molecule has 2 atom stereocenters. The summed E-state index contributed by atoms with van der Waals surface area (Å²) in [5.74, 6) is 2.21. The Kier molecular flexibility index (Phi) is 6.69. The van der Waals surface area contributed by atoms with Gasteiger partial charge in [-0.2, -0.15) is 0 Å². The van der Waals surface area contributed by atoms with Crippen LogP contribution in [-0.2, 0) is 4.79 Å². The molecule has 0 spiro atoms. The van der Waals surface area contributed by atoms with Gasteiger partial charge in [-0.05, 0) is 50.6 Å². The SMILES string of the molecule is CNCC1CCCN(C(=O)CC(C)CC(C)C)C1. The number of likely N-dealkylation sites (tertiary alicyclic amines) is 1. The van der Waals surface area contributed by atoms with Crippen LogP contribution in [0, 0.1) is 17.8 Å². The summed E-state index contributed by atoms with van der Waals surface area (Å²) >= 11 is 0. The molecule has 0 saturated carbocycles. The second kappa shape index (κ2) is 7.78. The molecular formula is C15H30N2O. The van der Waals surface area contributed by atoms with Crippen molar-refractivity contribution in [2.75, 3.05) is 26.7 Å². The van der Waals surface area contributed by atoms with Crippen molar-refractivity contribution in [3.63, 3.8) is 0 Å². The number of amides is 1. The standard InChI is InChI=1S/C15H30N2O/c1-12(2)8-13(3)9-15(18)17-7-5-6-14(11-17)10-16-4/h12-14,16H,5-11H2,1-4H3. The minimum Gasteiger partial charge on any atom is -0.342 e. The molecule has 0 aromatic rings. The zero-order chi connectivity index (χ0) is 13.5. The van der Waals surface area contributed by atoms with Gasteiger partial charge in [0.1, 0.15) is 0 Å². The molecule has 0 bridgehead atoms. The van der Waals surface area contributed by atoms with E-state index in [2.05, 4.69) is 31.0 Å². The summed E-state index contributed by atoms with van der Waals surface area (Å²) in [6.45, 7) is 9.61. The lowest BCUT2D eigenvalue weighted by molar-refractivity contribution is -0.134. The third-order valence-electron chi connectivity index (χ3n) is 3.76. The van der Waals surface area contributed by atoms with E-state index < -0.39 is 0 Å². The number of carbonyl (C=O) groups is 1. The van der Waals surface area contributed by atoms with Crippen molar-refractivity contribution in [3.8, 4) is 0 Å². The van der Waals surface area contributed by atoms with E-state index in [-0.39, 0.29) is 0 Å². The summed E-state index contributed by atoms with van der Waals surface area (Å²) in [5, 5.41) is 3.23. The second-order valence-electron chi connectivity index (χ2n) is 6.34. The Labute approximate surface area is 112 Å². The van der Waals surface area contributed by atoms with Crippen molar-refractivity contribution in [1.82, 2.24) is 10.2 Å². The van der Waals surface area contributed by atoms with Gasteiger partial charge in [0.15, 0.2) is 0 Å². The fourth-order valence-corrected chi connectivity index (χ4v) is 3.06. The van der Waals surface area contributed by atoms with Crippen molar-refractivity contribution in [2.24, 2.45) is 17.8 Å². The first kappa shape index (κ1) is 15.5. The van der Waals surface area contributed by atoms with E-state index in [0.717, 1.165) is 38.9 Å². The zero-order valence-corrected chi connectivity index (χ0v) is 12.5. The Morgan fingerprint density at radius 2 is 2.11 bits per heavy atom. The van der Waals surface area contributed by atoms with Crippen LogP contribution in [0.2, 0.25) is 0 Å². The Morgan fingerprint density at radius 1 is 1.39 bits per heavy atom. The Bertz CT molecular complexity index is 251. The molecule has 2 unspecified atom stereocenters. The summed E-state index contributed by atoms with van der Waals surface area (Å²) in [6, 6.07) is 0. The molecule has 1 fully saturated rings. The van der Waals surface area contributed by atoms with Gasteiger partial charge < -0.3 is 10.2 Å². The minimum absolute atomic E-state index is 0.365. The minimum atomic E-state index is 0.365. The van der Waals surface area contributed by atoms with Gasteiger partial charge in [0.25, 0.3) is 0 Å². The number of piperidine rings is 1. The lowest BCUT2D eigenvalue weighted by Crippen LogP contribution is -2.42. The van der Waals surface area contributed by atoms with Crippen LogP contribution in [0.25, 0.3) is 0 Å². The number of carbonyl (C=O) groups excluding carboxylic acids is 1. The van der Waals surface area contributed by atoms with Crippen LogP contribution in [0.1, 0.15) is 46.5 Å². The molecule has 1 N–H and O–H groups in total. The van der Waals surface area contributed by atoms with E-state index in [1.165, 1.54) is 6.42 Å². The molecule has 0 aromatic heterocycles. The summed E-state index contributed by atoms with van der Waals surface area (Å²) in [6.07, 6.45) is 4.30. The lowest BCUT2D eigenvalue weighted by atomic mass is 9.93. The summed E-state index contributed by atoms with van der Waals surface area (Å²) < 4.78 is 0. The fraction of sp³-hybridized carbons (Fsp3) is 0.933. The first-order valence-corrected chi connectivity index (χ1v) is 7.45. The second-order valence-corrected chi connectivity index (χ2v) is 6.34. The molecule has 1 aliphatic rings. The van der Waals surface area contributed by atoms with E-state index >= 15 is 0 Å². The normalized spacial score (nSPS) is 22.3. The van der Waals surface area contributed by atoms with Crippen LogP contribution >= 0.6 is 0 Å². The van der Waals surface area contributed by atoms with Crippen molar-refractivity contribution < 1.29 is 4.79 Å². The van der Waals surface area contributed by atoms with E-state index in [1.807, 2.05) is 7.05 Å². The van der Waals surface area contributed by atoms with E-state index in [9.17, 15) is 4.79 Å². The van der Waals surface area contributed by atoms with Gasteiger partial charge in [0, 0.05) is 19.5 Å². The maximum Gasteiger partial charge on any atom is 0.222 e. The Morgan fingerprint density at radius 3 is 2.72 bits per heavy atom. The number of hydrogen-bond acceptors (Lipinski definition) is 2. The van der Waals surface area contributed by atoms with Crippen LogP contribution in [0.5, 0.6) is 0 Å². The first-order valence-electron chi connectivity index (χ1n) is 7.45. The van der Waals surface area contributed by atoms with Gasteiger partial charge in [-0.1, -0.05) is 20.8 Å². The molecular weight excluding hydrogens is 224 g/mol. The van der Waals surface area contributed by atoms with Gasteiger partial charge in [0.05, 0.1) is 0 Å². The highest BCUT2D eigenvalue weighted by molar-refractivity contribution is 5.76. The largest absolute Gasteiger partial charge is 0.342 e. The smallest absolute Gasteiger partial charge is 0.222 e. The van der Waals surface area contributed by atoms with Crippen LogP contribution in [-0.4, -0.2) is 37.5 Å². The third-order valence-corrected chi connectivity index (χ3v) is 3.76. The van der Waals surface area contributed by atoms with Gasteiger partial charge >= 0.3 is 0 Å². The maximum absolute atomic E-state index is 12.2. The van der Waals surface area contributed by atoms with Crippen LogP contribution in [0.15, 0.2) is 0 Å². The van der Waals surface area contributed by atoms with Crippen molar-refractivity contribution in [1.29, 1.82) is 0 Å². The molecule has 3 heteroatoms. The summed E-state index contributed by atoms with van der Waals surface area (Å²) in [4.78, 5) is 14.3. The Balaban J connectivity index is 2.36. The van der Waals surface area contributed by atoms with Gasteiger partial charge in [-0.25, -0.2) is 0 Å². The molecule has 0 radical (unpaired) electrons. The molecule has 1 aliphatic heterocycles. The molecule has 3 nitrogen and oxygen atoms in total. The van der Waals surface area contributed by atoms with E-state index in [4.69, 9.17) is 0 Å². The summed E-state index contributed by atoms with van der Waals surface area (Å²) in [5.41, 5.74) is 0. The van der Waals surface area contributed by atoms with Crippen LogP contribution < -0.4 is 5.32 Å².